The lowest BCUT2D eigenvalue weighted by Crippen LogP contribution is -2.50. The van der Waals surface area contributed by atoms with Crippen LogP contribution in [0, 0.1) is 11.3 Å². The van der Waals surface area contributed by atoms with E-state index < -0.39 is 5.60 Å². The number of carbonyl (C=O) groups is 1. The van der Waals surface area contributed by atoms with E-state index in [1.165, 1.54) is 0 Å². The zero-order chi connectivity index (χ0) is 14.1. The molecule has 2 aliphatic heterocycles. The lowest BCUT2D eigenvalue weighted by Gasteiger charge is -2.41. The molecule has 2 saturated heterocycles. The molecule has 2 heterocycles. The molecule has 1 amide bonds. The number of nitrogens with two attached hydrogens (primary N) is 1. The van der Waals surface area contributed by atoms with Crippen LogP contribution in [0.2, 0.25) is 0 Å². The highest BCUT2D eigenvalue weighted by Crippen LogP contribution is 2.42. The average molecular weight is 269 g/mol. The number of carbonyl (C=O) groups excluding carboxylic acids is 1. The minimum Gasteiger partial charge on any atom is -0.444 e. The fraction of sp³-hybridized carbons (Fsp3) is 0.929. The first-order valence-electron chi connectivity index (χ1n) is 7.25. The predicted octanol–water partition coefficient (Wildman–Crippen LogP) is 1.18. The Hall–Kier alpha value is -0.810. The molecule has 0 aliphatic carbocycles. The van der Waals surface area contributed by atoms with E-state index in [0.717, 1.165) is 39.0 Å². The predicted molar refractivity (Wildman–Crippen MR) is 74.9 cm³/mol. The monoisotopic (exact) mass is 269 g/mol. The van der Waals surface area contributed by atoms with Gasteiger partial charge in [-0.1, -0.05) is 0 Å². The molecule has 0 aromatic carbocycles. The second kappa shape index (κ2) is 5.29. The molecule has 1 spiro atoms. The van der Waals surface area contributed by atoms with Gasteiger partial charge in [0, 0.05) is 13.1 Å². The normalized spacial score (nSPS) is 31.8. The number of ether oxygens (including phenoxy) is 1. The maximum Gasteiger partial charge on any atom is 0.410 e. The zero-order valence-electron chi connectivity index (χ0n) is 12.4. The van der Waals surface area contributed by atoms with Crippen LogP contribution in [0.15, 0.2) is 0 Å². The Morgan fingerprint density at radius 2 is 2.21 bits per heavy atom. The van der Waals surface area contributed by atoms with E-state index in [-0.39, 0.29) is 11.5 Å². The van der Waals surface area contributed by atoms with E-state index >= 15 is 0 Å². The highest BCUT2D eigenvalue weighted by atomic mass is 16.6. The van der Waals surface area contributed by atoms with Gasteiger partial charge >= 0.3 is 6.09 Å². The maximum absolute atomic E-state index is 12.1. The topological polar surface area (TPSA) is 67.6 Å². The number of hydrogen-bond donors (Lipinski definition) is 2. The number of rotatable bonds is 1. The van der Waals surface area contributed by atoms with Gasteiger partial charge in [-0.05, 0) is 64.6 Å². The van der Waals surface area contributed by atoms with E-state index in [0.29, 0.717) is 12.5 Å². The number of hydrogen-bond acceptors (Lipinski definition) is 4. The lowest BCUT2D eigenvalue weighted by atomic mass is 9.70. The molecule has 2 rings (SSSR count). The van der Waals surface area contributed by atoms with Crippen LogP contribution in [0.5, 0.6) is 0 Å². The Morgan fingerprint density at radius 3 is 2.84 bits per heavy atom. The summed E-state index contributed by atoms with van der Waals surface area (Å²) in [5.74, 6) is 0.466. The van der Waals surface area contributed by atoms with Crippen molar-refractivity contribution in [2.45, 2.75) is 39.2 Å². The van der Waals surface area contributed by atoms with Gasteiger partial charge in [-0.2, -0.15) is 0 Å². The first kappa shape index (κ1) is 14.6. The minimum atomic E-state index is -0.422. The van der Waals surface area contributed by atoms with Crippen LogP contribution in [0.3, 0.4) is 0 Å². The van der Waals surface area contributed by atoms with Crippen molar-refractivity contribution in [2.75, 3.05) is 32.7 Å². The third-order valence-electron chi connectivity index (χ3n) is 4.38. The third-order valence-corrected chi connectivity index (χ3v) is 4.38. The summed E-state index contributed by atoms with van der Waals surface area (Å²) < 4.78 is 5.46. The molecule has 19 heavy (non-hydrogen) atoms. The largest absolute Gasteiger partial charge is 0.444 e. The molecule has 2 unspecified atom stereocenters. The molecule has 0 saturated carbocycles. The first-order chi connectivity index (χ1) is 8.86. The molecular formula is C14H27N3O2. The van der Waals surface area contributed by atoms with E-state index in [4.69, 9.17) is 10.5 Å². The smallest absolute Gasteiger partial charge is 0.410 e. The highest BCUT2D eigenvalue weighted by molar-refractivity contribution is 5.68. The second-order valence-electron chi connectivity index (χ2n) is 6.90. The van der Waals surface area contributed by atoms with Crippen LogP contribution in [0.25, 0.3) is 0 Å². The Bertz CT molecular complexity index is 340. The number of piperidine rings is 1. The fourth-order valence-corrected chi connectivity index (χ4v) is 3.28. The van der Waals surface area contributed by atoms with Crippen LogP contribution in [0.4, 0.5) is 4.79 Å². The summed E-state index contributed by atoms with van der Waals surface area (Å²) in [5, 5.41) is 3.40. The standard InChI is InChI=1S/C14H27N3O2/c1-13(2,3)19-12(18)17-7-5-14(10-17)4-6-16-9-11(14)8-15/h11,16H,4-10,15H2,1-3H3. The van der Waals surface area contributed by atoms with Crippen molar-refractivity contribution in [1.29, 1.82) is 0 Å². The number of nitrogens with one attached hydrogen (secondary N) is 1. The van der Waals surface area contributed by atoms with Gasteiger partial charge in [0.05, 0.1) is 0 Å². The van der Waals surface area contributed by atoms with Gasteiger partial charge in [0.1, 0.15) is 5.60 Å². The summed E-state index contributed by atoms with van der Waals surface area (Å²) in [5.41, 5.74) is 5.69. The molecule has 2 atom stereocenters. The lowest BCUT2D eigenvalue weighted by molar-refractivity contribution is 0.0240. The Balaban J connectivity index is 2.00. The average Bonchev–Trinajstić information content (AvgIpc) is 2.73. The summed E-state index contributed by atoms with van der Waals surface area (Å²) in [4.78, 5) is 14.0. The van der Waals surface area contributed by atoms with Crippen LogP contribution >= 0.6 is 0 Å². The molecule has 2 fully saturated rings. The Kier molecular flexibility index (Phi) is 4.06. The summed E-state index contributed by atoms with van der Waals surface area (Å²) in [6.45, 7) is 10.0. The van der Waals surface area contributed by atoms with Crippen molar-refractivity contribution in [1.82, 2.24) is 10.2 Å². The Morgan fingerprint density at radius 1 is 1.47 bits per heavy atom. The van der Waals surface area contributed by atoms with Gasteiger partial charge in [0.25, 0.3) is 0 Å². The van der Waals surface area contributed by atoms with Crippen molar-refractivity contribution >= 4 is 6.09 Å². The Labute approximate surface area is 115 Å². The van der Waals surface area contributed by atoms with Gasteiger partial charge in [-0.25, -0.2) is 4.79 Å². The van der Waals surface area contributed by atoms with Crippen molar-refractivity contribution < 1.29 is 9.53 Å². The molecule has 110 valence electrons. The molecule has 0 aromatic heterocycles. The van der Waals surface area contributed by atoms with E-state index in [1.54, 1.807) is 0 Å². The second-order valence-corrected chi connectivity index (χ2v) is 6.90. The van der Waals surface area contributed by atoms with Crippen molar-refractivity contribution in [3.8, 4) is 0 Å². The number of amides is 1. The van der Waals surface area contributed by atoms with Gasteiger partial charge in [0.15, 0.2) is 0 Å². The van der Waals surface area contributed by atoms with Crippen LogP contribution < -0.4 is 11.1 Å². The van der Waals surface area contributed by atoms with Crippen molar-refractivity contribution in [3.63, 3.8) is 0 Å². The summed E-state index contributed by atoms with van der Waals surface area (Å²) in [6.07, 6.45) is 1.97. The molecule has 5 nitrogen and oxygen atoms in total. The molecule has 0 bridgehead atoms. The summed E-state index contributed by atoms with van der Waals surface area (Å²) in [6, 6.07) is 0. The maximum atomic E-state index is 12.1. The van der Waals surface area contributed by atoms with Gasteiger partial charge in [-0.3, -0.25) is 0 Å². The summed E-state index contributed by atoms with van der Waals surface area (Å²) in [7, 11) is 0. The minimum absolute atomic E-state index is 0.182. The van der Waals surface area contributed by atoms with Crippen molar-refractivity contribution in [2.24, 2.45) is 17.1 Å². The quantitative estimate of drug-likeness (QED) is 0.750. The number of likely N-dealkylation sites (tertiary alicyclic amines) is 1. The molecule has 5 heteroatoms. The molecule has 0 radical (unpaired) electrons. The molecule has 2 aliphatic rings. The van der Waals surface area contributed by atoms with Crippen LogP contribution in [-0.2, 0) is 4.74 Å². The van der Waals surface area contributed by atoms with E-state index in [2.05, 4.69) is 5.32 Å². The van der Waals surface area contributed by atoms with Gasteiger partial charge in [-0.15, -0.1) is 0 Å². The highest BCUT2D eigenvalue weighted by Gasteiger charge is 2.46. The molecular weight excluding hydrogens is 242 g/mol. The molecule has 0 aromatic rings. The fourth-order valence-electron chi connectivity index (χ4n) is 3.28. The first-order valence-corrected chi connectivity index (χ1v) is 7.25. The van der Waals surface area contributed by atoms with Crippen LogP contribution in [-0.4, -0.2) is 49.3 Å². The van der Waals surface area contributed by atoms with Gasteiger partial charge < -0.3 is 20.7 Å². The molecule has 3 N–H and O–H groups in total. The SMILES string of the molecule is CC(C)(C)OC(=O)N1CCC2(CCNCC2CN)C1. The number of nitrogens with zero attached hydrogens (tertiary/aromatic N) is 1. The van der Waals surface area contributed by atoms with Gasteiger partial charge in [0.2, 0.25) is 0 Å². The van der Waals surface area contributed by atoms with Crippen LogP contribution in [0.1, 0.15) is 33.6 Å². The van der Waals surface area contributed by atoms with Crippen molar-refractivity contribution in [3.05, 3.63) is 0 Å². The zero-order valence-corrected chi connectivity index (χ0v) is 12.4. The summed E-state index contributed by atoms with van der Waals surface area (Å²) >= 11 is 0. The van der Waals surface area contributed by atoms with E-state index in [9.17, 15) is 4.79 Å². The third kappa shape index (κ3) is 3.20. The van der Waals surface area contributed by atoms with E-state index in [1.807, 2.05) is 25.7 Å².